The molecule has 0 saturated carbocycles. The molecule has 1 amide bonds. The van der Waals surface area contributed by atoms with E-state index in [1.165, 1.54) is 0 Å². The summed E-state index contributed by atoms with van der Waals surface area (Å²) in [4.78, 5) is 13.0. The number of aryl methyl sites for hydroxylation is 1. The summed E-state index contributed by atoms with van der Waals surface area (Å²) < 4.78 is 0. The van der Waals surface area contributed by atoms with Crippen LogP contribution in [-0.2, 0) is 0 Å². The molecule has 1 unspecified atom stereocenters. The van der Waals surface area contributed by atoms with Crippen molar-refractivity contribution >= 4 is 17.7 Å². The Bertz CT molecular complexity index is 393. The van der Waals surface area contributed by atoms with Crippen molar-refractivity contribution < 1.29 is 9.90 Å². The molecule has 1 atom stereocenters. The van der Waals surface area contributed by atoms with Gasteiger partial charge < -0.3 is 10.4 Å². The van der Waals surface area contributed by atoms with Crippen LogP contribution in [0.15, 0.2) is 23.1 Å². The zero-order valence-electron chi connectivity index (χ0n) is 10.5. The summed E-state index contributed by atoms with van der Waals surface area (Å²) in [5, 5.41) is 11.7. The van der Waals surface area contributed by atoms with E-state index in [-0.39, 0.29) is 18.4 Å². The molecule has 0 bridgehead atoms. The van der Waals surface area contributed by atoms with Gasteiger partial charge in [0.25, 0.3) is 5.91 Å². The molecule has 0 aliphatic rings. The standard InChI is InChI=1S/C13H19NO2S/c1-9(8-15)7-14-13(16)12-6-11(17-3)5-4-10(12)2/h4-6,9,15H,7-8H2,1-3H3,(H,14,16). The fraction of sp³-hybridized carbons (Fsp3) is 0.462. The summed E-state index contributed by atoms with van der Waals surface area (Å²) in [5.41, 5.74) is 1.68. The zero-order valence-corrected chi connectivity index (χ0v) is 11.3. The number of amides is 1. The van der Waals surface area contributed by atoms with E-state index in [4.69, 9.17) is 5.11 Å². The van der Waals surface area contributed by atoms with Crippen LogP contribution in [0.5, 0.6) is 0 Å². The monoisotopic (exact) mass is 253 g/mol. The molecule has 17 heavy (non-hydrogen) atoms. The molecule has 1 aromatic carbocycles. The van der Waals surface area contributed by atoms with Crippen LogP contribution in [0.2, 0.25) is 0 Å². The minimum Gasteiger partial charge on any atom is -0.396 e. The third-order valence-electron chi connectivity index (χ3n) is 2.61. The van der Waals surface area contributed by atoms with Gasteiger partial charge in [0.1, 0.15) is 0 Å². The predicted molar refractivity (Wildman–Crippen MR) is 71.5 cm³/mol. The smallest absolute Gasteiger partial charge is 0.251 e. The van der Waals surface area contributed by atoms with E-state index in [2.05, 4.69) is 5.32 Å². The molecule has 4 heteroatoms. The third kappa shape index (κ3) is 4.06. The Labute approximate surface area is 107 Å². The first-order valence-corrected chi connectivity index (χ1v) is 6.84. The van der Waals surface area contributed by atoms with Crippen molar-refractivity contribution in [3.63, 3.8) is 0 Å². The highest BCUT2D eigenvalue weighted by Crippen LogP contribution is 2.19. The molecule has 2 N–H and O–H groups in total. The highest BCUT2D eigenvalue weighted by molar-refractivity contribution is 7.98. The lowest BCUT2D eigenvalue weighted by molar-refractivity contribution is 0.0941. The van der Waals surface area contributed by atoms with Crippen molar-refractivity contribution in [2.45, 2.75) is 18.7 Å². The van der Waals surface area contributed by atoms with Crippen molar-refractivity contribution in [2.24, 2.45) is 5.92 Å². The first-order chi connectivity index (χ1) is 8.08. The maximum absolute atomic E-state index is 12.0. The lowest BCUT2D eigenvalue weighted by Gasteiger charge is -2.11. The van der Waals surface area contributed by atoms with Crippen molar-refractivity contribution in [3.05, 3.63) is 29.3 Å². The summed E-state index contributed by atoms with van der Waals surface area (Å²) in [7, 11) is 0. The molecule has 0 saturated heterocycles. The fourth-order valence-electron chi connectivity index (χ4n) is 1.40. The number of thioether (sulfide) groups is 1. The fourth-order valence-corrected chi connectivity index (χ4v) is 1.84. The maximum Gasteiger partial charge on any atom is 0.251 e. The van der Waals surface area contributed by atoms with E-state index < -0.39 is 0 Å². The molecular formula is C13H19NO2S. The number of benzene rings is 1. The number of aliphatic hydroxyl groups is 1. The molecule has 3 nitrogen and oxygen atoms in total. The second kappa shape index (κ2) is 6.67. The largest absolute Gasteiger partial charge is 0.396 e. The normalized spacial score (nSPS) is 12.2. The van der Waals surface area contributed by atoms with Gasteiger partial charge >= 0.3 is 0 Å². The van der Waals surface area contributed by atoms with E-state index in [1.807, 2.05) is 38.3 Å². The van der Waals surface area contributed by atoms with Crippen molar-refractivity contribution in [2.75, 3.05) is 19.4 Å². The molecule has 0 aliphatic carbocycles. The van der Waals surface area contributed by atoms with Crippen molar-refractivity contribution in [3.8, 4) is 0 Å². The first-order valence-electron chi connectivity index (χ1n) is 5.62. The van der Waals surface area contributed by atoms with Crippen LogP contribution in [0, 0.1) is 12.8 Å². The molecule has 94 valence electrons. The molecule has 0 heterocycles. The van der Waals surface area contributed by atoms with Crippen LogP contribution in [0.4, 0.5) is 0 Å². The molecule has 0 aromatic heterocycles. The van der Waals surface area contributed by atoms with Gasteiger partial charge in [-0.15, -0.1) is 11.8 Å². The summed E-state index contributed by atoms with van der Waals surface area (Å²) in [6.07, 6.45) is 1.99. The van der Waals surface area contributed by atoms with Crippen LogP contribution >= 0.6 is 11.8 Å². The highest BCUT2D eigenvalue weighted by atomic mass is 32.2. The summed E-state index contributed by atoms with van der Waals surface area (Å²) in [6, 6.07) is 5.86. The second-order valence-corrected chi connectivity index (χ2v) is 5.06. The van der Waals surface area contributed by atoms with E-state index >= 15 is 0 Å². The number of aliphatic hydroxyl groups excluding tert-OH is 1. The van der Waals surface area contributed by atoms with Gasteiger partial charge in [0.05, 0.1) is 0 Å². The summed E-state index contributed by atoms with van der Waals surface area (Å²) >= 11 is 1.62. The van der Waals surface area contributed by atoms with E-state index in [9.17, 15) is 4.79 Å². The van der Waals surface area contributed by atoms with Crippen LogP contribution in [0.3, 0.4) is 0 Å². The predicted octanol–water partition coefficient (Wildman–Crippen LogP) is 2.08. The topological polar surface area (TPSA) is 49.3 Å². The van der Waals surface area contributed by atoms with Gasteiger partial charge in [-0.25, -0.2) is 0 Å². The van der Waals surface area contributed by atoms with Crippen LogP contribution < -0.4 is 5.32 Å². The van der Waals surface area contributed by atoms with Gasteiger partial charge in [-0.3, -0.25) is 4.79 Å². The van der Waals surface area contributed by atoms with Crippen molar-refractivity contribution in [1.29, 1.82) is 0 Å². The minimum absolute atomic E-state index is 0.0706. The maximum atomic E-state index is 12.0. The van der Waals surface area contributed by atoms with Crippen LogP contribution in [-0.4, -0.2) is 30.4 Å². The average Bonchev–Trinajstić information content (AvgIpc) is 2.36. The molecule has 0 aliphatic heterocycles. The van der Waals surface area contributed by atoms with E-state index in [0.29, 0.717) is 12.1 Å². The van der Waals surface area contributed by atoms with Gasteiger partial charge in [0, 0.05) is 23.6 Å². The number of nitrogens with one attached hydrogen (secondary N) is 1. The lowest BCUT2D eigenvalue weighted by atomic mass is 10.1. The Hall–Kier alpha value is -1.00. The van der Waals surface area contributed by atoms with Gasteiger partial charge in [-0.05, 0) is 36.8 Å². The number of carbonyl (C=O) groups is 1. The Balaban J connectivity index is 2.74. The number of hydrogen-bond acceptors (Lipinski definition) is 3. The summed E-state index contributed by atoms with van der Waals surface area (Å²) in [5.74, 6) is 0.0155. The quantitative estimate of drug-likeness (QED) is 0.790. The first kappa shape index (κ1) is 14.1. The summed E-state index contributed by atoms with van der Waals surface area (Å²) in [6.45, 7) is 4.41. The molecule has 1 aromatic rings. The minimum atomic E-state index is -0.0706. The zero-order chi connectivity index (χ0) is 12.8. The van der Waals surface area contributed by atoms with E-state index in [0.717, 1.165) is 10.5 Å². The second-order valence-electron chi connectivity index (χ2n) is 4.18. The lowest BCUT2D eigenvalue weighted by Crippen LogP contribution is -2.30. The Morgan fingerprint density at radius 2 is 2.24 bits per heavy atom. The number of hydrogen-bond donors (Lipinski definition) is 2. The van der Waals surface area contributed by atoms with Gasteiger partial charge in [-0.2, -0.15) is 0 Å². The molecule has 1 rings (SSSR count). The van der Waals surface area contributed by atoms with Gasteiger partial charge in [-0.1, -0.05) is 13.0 Å². The van der Waals surface area contributed by atoms with E-state index in [1.54, 1.807) is 11.8 Å². The van der Waals surface area contributed by atoms with Crippen molar-refractivity contribution in [1.82, 2.24) is 5.32 Å². The Morgan fingerprint density at radius 1 is 1.53 bits per heavy atom. The Kier molecular flexibility index (Phi) is 5.51. The van der Waals surface area contributed by atoms with Crippen LogP contribution in [0.25, 0.3) is 0 Å². The average molecular weight is 253 g/mol. The molecule has 0 spiro atoms. The highest BCUT2D eigenvalue weighted by Gasteiger charge is 2.10. The number of rotatable bonds is 5. The molecule has 0 radical (unpaired) electrons. The van der Waals surface area contributed by atoms with Crippen LogP contribution in [0.1, 0.15) is 22.8 Å². The Morgan fingerprint density at radius 3 is 2.82 bits per heavy atom. The molecular weight excluding hydrogens is 234 g/mol. The van der Waals surface area contributed by atoms with Gasteiger partial charge in [0.2, 0.25) is 0 Å². The van der Waals surface area contributed by atoms with Gasteiger partial charge in [0.15, 0.2) is 0 Å². The third-order valence-corrected chi connectivity index (χ3v) is 3.34. The number of carbonyl (C=O) groups excluding carboxylic acids is 1. The SMILES string of the molecule is CSc1ccc(C)c(C(=O)NCC(C)CO)c1. The molecule has 0 fully saturated rings.